The van der Waals surface area contributed by atoms with Gasteiger partial charge in [0.05, 0.1) is 19.3 Å². The molecular formula is C16H21NO4. The van der Waals surface area contributed by atoms with E-state index < -0.39 is 12.1 Å². The Morgan fingerprint density at radius 2 is 2.05 bits per heavy atom. The van der Waals surface area contributed by atoms with Gasteiger partial charge in [-0.1, -0.05) is 24.3 Å². The smallest absolute Gasteiger partial charge is 0.328 e. The second-order valence-corrected chi connectivity index (χ2v) is 5.14. The van der Waals surface area contributed by atoms with Crippen LogP contribution in [0.15, 0.2) is 30.3 Å². The summed E-state index contributed by atoms with van der Waals surface area (Å²) in [6.07, 6.45) is 2.73. The van der Waals surface area contributed by atoms with Gasteiger partial charge in [-0.15, -0.1) is 0 Å². The Hall–Kier alpha value is -1.69. The van der Waals surface area contributed by atoms with Crippen molar-refractivity contribution in [1.29, 1.82) is 0 Å². The van der Waals surface area contributed by atoms with Crippen LogP contribution in [0.2, 0.25) is 0 Å². The zero-order chi connectivity index (χ0) is 15.1. The molecule has 1 aliphatic heterocycles. The Morgan fingerprint density at radius 1 is 1.33 bits per heavy atom. The van der Waals surface area contributed by atoms with Crippen LogP contribution < -0.4 is 0 Å². The Labute approximate surface area is 124 Å². The molecule has 0 bridgehead atoms. The van der Waals surface area contributed by atoms with Crippen LogP contribution in [0, 0.1) is 0 Å². The molecule has 2 N–H and O–H groups in total. The van der Waals surface area contributed by atoms with Crippen molar-refractivity contribution >= 4 is 12.0 Å². The molecule has 0 aliphatic carbocycles. The number of aliphatic hydroxyl groups is 1. The number of morpholine rings is 1. The Bertz CT molecular complexity index is 495. The number of aliphatic hydroxyl groups excluding tert-OH is 1. The lowest BCUT2D eigenvalue weighted by Gasteiger charge is -2.28. The lowest BCUT2D eigenvalue weighted by Crippen LogP contribution is -2.41. The van der Waals surface area contributed by atoms with Crippen LogP contribution in [0.5, 0.6) is 0 Å². The molecule has 1 aromatic rings. The predicted octanol–water partition coefficient (Wildman–Crippen LogP) is 1.02. The molecule has 5 heteroatoms. The average molecular weight is 291 g/mol. The Morgan fingerprint density at radius 3 is 2.76 bits per heavy atom. The number of rotatable bonds is 6. The van der Waals surface area contributed by atoms with E-state index in [4.69, 9.17) is 9.84 Å². The number of hydrogen-bond acceptors (Lipinski definition) is 4. The minimum Gasteiger partial charge on any atom is -0.478 e. The molecule has 1 atom stereocenters. The number of ether oxygens (including phenoxy) is 1. The highest BCUT2D eigenvalue weighted by molar-refractivity contribution is 5.85. The first kappa shape index (κ1) is 15.7. The van der Waals surface area contributed by atoms with Crippen LogP contribution >= 0.6 is 0 Å². The summed E-state index contributed by atoms with van der Waals surface area (Å²) in [6, 6.07) is 7.54. The fourth-order valence-corrected chi connectivity index (χ4v) is 2.44. The SMILES string of the molecule is O=C(O)C=Cc1ccccc1CC(O)CN1CCOCC1. The monoisotopic (exact) mass is 291 g/mol. The molecule has 0 aromatic heterocycles. The number of carbonyl (C=O) groups is 1. The molecule has 0 spiro atoms. The third kappa shape index (κ3) is 5.30. The third-order valence-corrected chi connectivity index (χ3v) is 3.49. The van der Waals surface area contributed by atoms with E-state index in [0.29, 0.717) is 26.2 Å². The van der Waals surface area contributed by atoms with Crippen molar-refractivity contribution in [3.8, 4) is 0 Å². The fraction of sp³-hybridized carbons (Fsp3) is 0.438. The van der Waals surface area contributed by atoms with E-state index in [0.717, 1.165) is 30.3 Å². The van der Waals surface area contributed by atoms with Crippen molar-refractivity contribution in [2.45, 2.75) is 12.5 Å². The van der Waals surface area contributed by atoms with Gasteiger partial charge in [0.2, 0.25) is 0 Å². The summed E-state index contributed by atoms with van der Waals surface area (Å²) in [4.78, 5) is 12.8. The van der Waals surface area contributed by atoms with Crippen LogP contribution in [0.1, 0.15) is 11.1 Å². The number of β-amino-alcohol motifs (C(OH)–C–C–N with tert-alkyl or cyclic N) is 1. The van der Waals surface area contributed by atoms with Gasteiger partial charge in [0.15, 0.2) is 0 Å². The maximum absolute atomic E-state index is 10.6. The van der Waals surface area contributed by atoms with Gasteiger partial charge in [-0.3, -0.25) is 4.90 Å². The molecule has 5 nitrogen and oxygen atoms in total. The van der Waals surface area contributed by atoms with E-state index in [1.807, 2.05) is 24.3 Å². The lowest BCUT2D eigenvalue weighted by molar-refractivity contribution is -0.131. The van der Waals surface area contributed by atoms with Crippen molar-refractivity contribution in [2.24, 2.45) is 0 Å². The maximum Gasteiger partial charge on any atom is 0.328 e. The standard InChI is InChI=1S/C16H21NO4/c18-15(12-17-7-9-21-10-8-17)11-14-4-2-1-3-13(14)5-6-16(19)20/h1-6,15,18H,7-12H2,(H,19,20). The van der Waals surface area contributed by atoms with Crippen molar-refractivity contribution in [3.05, 3.63) is 41.5 Å². The maximum atomic E-state index is 10.6. The van der Waals surface area contributed by atoms with E-state index in [2.05, 4.69) is 4.90 Å². The van der Waals surface area contributed by atoms with Gasteiger partial charge >= 0.3 is 5.97 Å². The highest BCUT2D eigenvalue weighted by Crippen LogP contribution is 2.14. The van der Waals surface area contributed by atoms with Crippen molar-refractivity contribution in [3.63, 3.8) is 0 Å². The topological polar surface area (TPSA) is 70.0 Å². The summed E-state index contributed by atoms with van der Waals surface area (Å²) in [5.41, 5.74) is 1.79. The first-order chi connectivity index (χ1) is 10.1. The molecule has 1 heterocycles. The second kappa shape index (κ2) is 7.93. The summed E-state index contributed by atoms with van der Waals surface area (Å²) in [6.45, 7) is 3.73. The summed E-state index contributed by atoms with van der Waals surface area (Å²) < 4.78 is 5.28. The van der Waals surface area contributed by atoms with E-state index in [-0.39, 0.29) is 0 Å². The van der Waals surface area contributed by atoms with Gasteiger partial charge < -0.3 is 14.9 Å². The number of benzene rings is 1. The van der Waals surface area contributed by atoms with Crippen molar-refractivity contribution in [2.75, 3.05) is 32.8 Å². The van der Waals surface area contributed by atoms with Gasteiger partial charge in [0.25, 0.3) is 0 Å². The van der Waals surface area contributed by atoms with Crippen LogP contribution in [-0.4, -0.2) is 60.0 Å². The molecule has 0 radical (unpaired) electrons. The van der Waals surface area contributed by atoms with E-state index in [9.17, 15) is 9.90 Å². The first-order valence-electron chi connectivity index (χ1n) is 7.12. The van der Waals surface area contributed by atoms with Gasteiger partial charge in [-0.2, -0.15) is 0 Å². The Kier molecular flexibility index (Phi) is 5.92. The molecule has 1 aromatic carbocycles. The number of aliphatic carboxylic acids is 1. The van der Waals surface area contributed by atoms with Gasteiger partial charge in [-0.05, 0) is 17.2 Å². The zero-order valence-electron chi connectivity index (χ0n) is 11.9. The van der Waals surface area contributed by atoms with Gasteiger partial charge in [0.1, 0.15) is 0 Å². The zero-order valence-corrected chi connectivity index (χ0v) is 11.9. The third-order valence-electron chi connectivity index (χ3n) is 3.49. The highest BCUT2D eigenvalue weighted by Gasteiger charge is 2.15. The van der Waals surface area contributed by atoms with Crippen molar-refractivity contribution < 1.29 is 19.7 Å². The minimum atomic E-state index is -0.973. The largest absolute Gasteiger partial charge is 0.478 e. The molecule has 1 unspecified atom stereocenters. The summed E-state index contributed by atoms with van der Waals surface area (Å²) in [5, 5.41) is 18.9. The minimum absolute atomic E-state index is 0.470. The molecule has 1 fully saturated rings. The van der Waals surface area contributed by atoms with Crippen LogP contribution in [0.4, 0.5) is 0 Å². The quantitative estimate of drug-likeness (QED) is 0.766. The first-order valence-corrected chi connectivity index (χ1v) is 7.12. The summed E-state index contributed by atoms with van der Waals surface area (Å²) in [5.74, 6) is -0.973. The average Bonchev–Trinajstić information content (AvgIpc) is 2.47. The lowest BCUT2D eigenvalue weighted by atomic mass is 10.0. The molecule has 114 valence electrons. The van der Waals surface area contributed by atoms with Gasteiger partial charge in [-0.25, -0.2) is 4.79 Å². The fourth-order valence-electron chi connectivity index (χ4n) is 2.44. The number of carboxylic acids is 1. The predicted molar refractivity (Wildman–Crippen MR) is 80.1 cm³/mol. The van der Waals surface area contributed by atoms with Crippen LogP contribution in [-0.2, 0) is 16.0 Å². The van der Waals surface area contributed by atoms with Gasteiger partial charge in [0, 0.05) is 32.1 Å². The van der Waals surface area contributed by atoms with E-state index >= 15 is 0 Å². The van der Waals surface area contributed by atoms with E-state index in [1.54, 1.807) is 6.08 Å². The molecule has 0 amide bonds. The molecule has 2 rings (SSSR count). The summed E-state index contributed by atoms with van der Waals surface area (Å²) >= 11 is 0. The molecule has 21 heavy (non-hydrogen) atoms. The number of hydrogen-bond donors (Lipinski definition) is 2. The van der Waals surface area contributed by atoms with E-state index in [1.165, 1.54) is 0 Å². The molecule has 1 aliphatic rings. The number of carboxylic acid groups (broad SMARTS) is 1. The number of nitrogens with zero attached hydrogens (tertiary/aromatic N) is 1. The second-order valence-electron chi connectivity index (χ2n) is 5.14. The van der Waals surface area contributed by atoms with Crippen LogP contribution in [0.3, 0.4) is 0 Å². The highest BCUT2D eigenvalue weighted by atomic mass is 16.5. The normalized spacial score (nSPS) is 18.0. The van der Waals surface area contributed by atoms with Crippen LogP contribution in [0.25, 0.3) is 6.08 Å². The molecule has 1 saturated heterocycles. The summed E-state index contributed by atoms with van der Waals surface area (Å²) in [7, 11) is 0. The van der Waals surface area contributed by atoms with Crippen molar-refractivity contribution in [1.82, 2.24) is 4.90 Å². The molecule has 0 saturated carbocycles. The molecular weight excluding hydrogens is 270 g/mol. The Balaban J connectivity index is 1.96.